The number of hydrogen-bond acceptors (Lipinski definition) is 3. The Morgan fingerprint density at radius 3 is 2.62 bits per heavy atom. The number of hydrogen-bond donors (Lipinski definition) is 1. The van der Waals surface area contributed by atoms with Crippen molar-refractivity contribution >= 4 is 11.6 Å². The van der Waals surface area contributed by atoms with Crippen LogP contribution in [0.2, 0.25) is 0 Å². The largest absolute Gasteiger partial charge is 0.378 e. The summed E-state index contributed by atoms with van der Waals surface area (Å²) in [4.78, 5) is 18.6. The lowest BCUT2D eigenvalue weighted by molar-refractivity contribution is 0.0940. The Kier molecular flexibility index (Phi) is 4.58. The van der Waals surface area contributed by atoms with Gasteiger partial charge in [-0.15, -0.1) is 0 Å². The Labute approximate surface area is 125 Å². The highest BCUT2D eigenvalue weighted by atomic mass is 16.1. The molecule has 0 aliphatic heterocycles. The first kappa shape index (κ1) is 15.0. The predicted octanol–water partition coefficient (Wildman–Crippen LogP) is 2.95. The highest BCUT2D eigenvalue weighted by Crippen LogP contribution is 2.16. The minimum Gasteiger partial charge on any atom is -0.378 e. The quantitative estimate of drug-likeness (QED) is 0.938. The minimum atomic E-state index is -0.0771. The molecule has 1 aromatic carbocycles. The van der Waals surface area contributed by atoms with Crippen LogP contribution in [0, 0.1) is 6.92 Å². The van der Waals surface area contributed by atoms with Crippen LogP contribution < -0.4 is 10.2 Å². The molecule has 0 saturated carbocycles. The van der Waals surface area contributed by atoms with Gasteiger partial charge < -0.3 is 10.2 Å². The molecule has 0 fully saturated rings. The first-order chi connectivity index (χ1) is 9.97. The molecule has 21 heavy (non-hydrogen) atoms. The molecule has 1 atom stereocenters. The number of rotatable bonds is 4. The molecule has 0 aliphatic rings. The van der Waals surface area contributed by atoms with Crippen molar-refractivity contribution in [3.63, 3.8) is 0 Å². The number of anilines is 1. The molecule has 2 rings (SSSR count). The fraction of sp³-hybridized carbons (Fsp3) is 0.294. The van der Waals surface area contributed by atoms with Crippen LogP contribution >= 0.6 is 0 Å². The molecule has 0 radical (unpaired) electrons. The number of nitrogens with one attached hydrogen (secondary N) is 1. The molecule has 0 spiro atoms. The smallest absolute Gasteiger partial charge is 0.251 e. The topological polar surface area (TPSA) is 45.2 Å². The van der Waals surface area contributed by atoms with Crippen LogP contribution in [0.3, 0.4) is 0 Å². The lowest BCUT2D eigenvalue weighted by atomic mass is 10.1. The first-order valence-corrected chi connectivity index (χ1v) is 6.98. The number of pyridine rings is 1. The van der Waals surface area contributed by atoms with Crippen molar-refractivity contribution in [1.29, 1.82) is 0 Å². The maximum Gasteiger partial charge on any atom is 0.251 e. The second-order valence-corrected chi connectivity index (χ2v) is 5.37. The van der Waals surface area contributed by atoms with Crippen LogP contribution in [0.5, 0.6) is 0 Å². The van der Waals surface area contributed by atoms with Crippen molar-refractivity contribution in [1.82, 2.24) is 10.3 Å². The molecule has 4 nitrogen and oxygen atoms in total. The lowest BCUT2D eigenvalue weighted by Crippen LogP contribution is -2.27. The van der Waals surface area contributed by atoms with Crippen molar-refractivity contribution in [3.8, 4) is 0 Å². The molecule has 1 aromatic heterocycles. The van der Waals surface area contributed by atoms with E-state index in [1.54, 1.807) is 6.20 Å². The van der Waals surface area contributed by atoms with E-state index in [-0.39, 0.29) is 11.9 Å². The van der Waals surface area contributed by atoms with Gasteiger partial charge in [-0.3, -0.25) is 9.78 Å². The van der Waals surface area contributed by atoms with Crippen molar-refractivity contribution < 1.29 is 4.79 Å². The minimum absolute atomic E-state index is 0.0754. The van der Waals surface area contributed by atoms with Crippen LogP contribution in [0.4, 0.5) is 5.69 Å². The SMILES string of the molecule is Cc1ccc([C@H](C)NC(=O)c2cccc(N(C)C)c2)cn1. The van der Waals surface area contributed by atoms with E-state index in [9.17, 15) is 4.79 Å². The zero-order valence-corrected chi connectivity index (χ0v) is 12.9. The van der Waals surface area contributed by atoms with E-state index in [2.05, 4.69) is 10.3 Å². The normalized spacial score (nSPS) is 11.8. The number of carbonyl (C=O) groups is 1. The maximum atomic E-state index is 12.3. The number of nitrogens with zero attached hydrogens (tertiary/aromatic N) is 2. The first-order valence-electron chi connectivity index (χ1n) is 6.98. The highest BCUT2D eigenvalue weighted by molar-refractivity contribution is 5.95. The van der Waals surface area contributed by atoms with Gasteiger partial charge in [0.2, 0.25) is 0 Å². The third-order valence-corrected chi connectivity index (χ3v) is 3.41. The van der Waals surface area contributed by atoms with Gasteiger partial charge in [-0.1, -0.05) is 12.1 Å². The van der Waals surface area contributed by atoms with Crippen LogP contribution in [0.1, 0.15) is 34.6 Å². The standard InChI is InChI=1S/C17H21N3O/c1-12-8-9-15(11-18-12)13(2)19-17(21)14-6-5-7-16(10-14)20(3)4/h5-11,13H,1-4H3,(H,19,21)/t13-/m0/s1. The average molecular weight is 283 g/mol. The molecule has 1 amide bonds. The fourth-order valence-corrected chi connectivity index (χ4v) is 2.02. The zero-order valence-electron chi connectivity index (χ0n) is 12.9. The molecule has 1 N–H and O–H groups in total. The van der Waals surface area contributed by atoms with E-state index in [1.165, 1.54) is 0 Å². The lowest BCUT2D eigenvalue weighted by Gasteiger charge is -2.16. The van der Waals surface area contributed by atoms with Gasteiger partial charge in [0.05, 0.1) is 6.04 Å². The van der Waals surface area contributed by atoms with Crippen molar-refractivity contribution in [3.05, 3.63) is 59.4 Å². The van der Waals surface area contributed by atoms with E-state index < -0.39 is 0 Å². The third-order valence-electron chi connectivity index (χ3n) is 3.41. The summed E-state index contributed by atoms with van der Waals surface area (Å²) in [5.74, 6) is -0.0771. The highest BCUT2D eigenvalue weighted by Gasteiger charge is 2.12. The van der Waals surface area contributed by atoms with Crippen LogP contribution in [-0.4, -0.2) is 25.0 Å². The molecular weight excluding hydrogens is 262 g/mol. The van der Waals surface area contributed by atoms with Crippen molar-refractivity contribution in [2.24, 2.45) is 0 Å². The molecule has 1 heterocycles. The van der Waals surface area contributed by atoms with Crippen LogP contribution in [-0.2, 0) is 0 Å². The number of amides is 1. The number of carbonyl (C=O) groups excluding carboxylic acids is 1. The average Bonchev–Trinajstić information content (AvgIpc) is 2.48. The fourth-order valence-electron chi connectivity index (χ4n) is 2.02. The summed E-state index contributed by atoms with van der Waals surface area (Å²) in [5.41, 5.74) is 3.63. The van der Waals surface area contributed by atoms with E-state index in [0.717, 1.165) is 16.9 Å². The molecule has 110 valence electrons. The van der Waals surface area contributed by atoms with Crippen LogP contribution in [0.15, 0.2) is 42.6 Å². The summed E-state index contributed by atoms with van der Waals surface area (Å²) in [7, 11) is 3.91. The summed E-state index contributed by atoms with van der Waals surface area (Å²) in [6.45, 7) is 3.90. The molecular formula is C17H21N3O. The van der Waals surface area contributed by atoms with Crippen molar-refractivity contribution in [2.75, 3.05) is 19.0 Å². The second kappa shape index (κ2) is 6.39. The van der Waals surface area contributed by atoms with Gasteiger partial charge in [0.15, 0.2) is 0 Å². The van der Waals surface area contributed by atoms with Gasteiger partial charge in [-0.2, -0.15) is 0 Å². The molecule has 0 bridgehead atoms. The van der Waals surface area contributed by atoms with Gasteiger partial charge in [0, 0.05) is 37.2 Å². The molecule has 0 unspecified atom stereocenters. The van der Waals surface area contributed by atoms with Gasteiger partial charge in [-0.05, 0) is 43.7 Å². The summed E-state index contributed by atoms with van der Waals surface area (Å²) in [6, 6.07) is 11.4. The summed E-state index contributed by atoms with van der Waals surface area (Å²) in [5, 5.41) is 3.00. The number of aryl methyl sites for hydroxylation is 1. The van der Waals surface area contributed by atoms with Gasteiger partial charge in [-0.25, -0.2) is 0 Å². The molecule has 0 saturated heterocycles. The Morgan fingerprint density at radius 2 is 2.00 bits per heavy atom. The van der Waals surface area contributed by atoms with Gasteiger partial charge >= 0.3 is 0 Å². The van der Waals surface area contributed by atoms with E-state index in [1.807, 2.05) is 69.2 Å². The Hall–Kier alpha value is -2.36. The van der Waals surface area contributed by atoms with E-state index in [4.69, 9.17) is 0 Å². The maximum absolute atomic E-state index is 12.3. The Bertz CT molecular complexity index is 620. The van der Waals surface area contributed by atoms with E-state index >= 15 is 0 Å². The monoisotopic (exact) mass is 283 g/mol. The number of aromatic nitrogens is 1. The van der Waals surface area contributed by atoms with Crippen LogP contribution in [0.25, 0.3) is 0 Å². The zero-order chi connectivity index (χ0) is 15.4. The van der Waals surface area contributed by atoms with Gasteiger partial charge in [0.25, 0.3) is 5.91 Å². The summed E-state index contributed by atoms with van der Waals surface area (Å²) >= 11 is 0. The molecule has 0 aliphatic carbocycles. The summed E-state index contributed by atoms with van der Waals surface area (Å²) in [6.07, 6.45) is 1.80. The van der Waals surface area contributed by atoms with E-state index in [0.29, 0.717) is 5.56 Å². The van der Waals surface area contributed by atoms with Crippen molar-refractivity contribution in [2.45, 2.75) is 19.9 Å². The number of benzene rings is 1. The predicted molar refractivity (Wildman–Crippen MR) is 85.6 cm³/mol. The summed E-state index contributed by atoms with van der Waals surface area (Å²) < 4.78 is 0. The second-order valence-electron chi connectivity index (χ2n) is 5.37. The third kappa shape index (κ3) is 3.81. The van der Waals surface area contributed by atoms with Gasteiger partial charge in [0.1, 0.15) is 0 Å². The Morgan fingerprint density at radius 1 is 1.24 bits per heavy atom. The molecule has 2 aromatic rings. The molecule has 4 heteroatoms. The Balaban J connectivity index is 2.10.